The van der Waals surface area contributed by atoms with E-state index >= 15 is 0 Å². The number of ether oxygens (including phenoxy) is 1. The molecule has 0 spiro atoms. The number of nitrogens with one attached hydrogen (secondary N) is 1. The van der Waals surface area contributed by atoms with Gasteiger partial charge in [0.2, 0.25) is 0 Å². The largest absolute Gasteiger partial charge is 0.478 e. The molecular weight excluding hydrogens is 296 g/mol. The SMILES string of the molecule is CC(C)OCCCCNS(=O)(=O)c1ccc(C(=O)O)cn1. The zero-order valence-electron chi connectivity index (χ0n) is 12.1. The fourth-order valence-electron chi connectivity index (χ4n) is 1.49. The Morgan fingerprint density at radius 3 is 2.62 bits per heavy atom. The normalized spacial score (nSPS) is 11.8. The third-order valence-corrected chi connectivity index (χ3v) is 3.95. The monoisotopic (exact) mass is 316 g/mol. The molecule has 1 aromatic rings. The summed E-state index contributed by atoms with van der Waals surface area (Å²) >= 11 is 0. The van der Waals surface area contributed by atoms with Gasteiger partial charge in [0.15, 0.2) is 5.03 Å². The maximum atomic E-state index is 11.9. The Morgan fingerprint density at radius 2 is 2.10 bits per heavy atom. The molecule has 0 aliphatic heterocycles. The molecule has 0 saturated carbocycles. The van der Waals surface area contributed by atoms with Crippen molar-refractivity contribution in [2.24, 2.45) is 0 Å². The average molecular weight is 316 g/mol. The summed E-state index contributed by atoms with van der Waals surface area (Å²) in [6.07, 6.45) is 2.59. The molecule has 0 fully saturated rings. The molecule has 0 radical (unpaired) electrons. The van der Waals surface area contributed by atoms with Crippen LogP contribution in [-0.4, -0.2) is 43.7 Å². The maximum Gasteiger partial charge on any atom is 0.337 e. The van der Waals surface area contributed by atoms with Gasteiger partial charge in [-0.2, -0.15) is 0 Å². The van der Waals surface area contributed by atoms with Crippen molar-refractivity contribution in [3.63, 3.8) is 0 Å². The quantitative estimate of drug-likeness (QED) is 0.664. The van der Waals surface area contributed by atoms with Crippen LogP contribution in [0.5, 0.6) is 0 Å². The summed E-state index contributed by atoms with van der Waals surface area (Å²) in [7, 11) is -3.70. The molecule has 0 atom stereocenters. The van der Waals surface area contributed by atoms with Gasteiger partial charge >= 0.3 is 5.97 Å². The Morgan fingerprint density at radius 1 is 1.38 bits per heavy atom. The first-order chi connectivity index (χ1) is 9.83. The van der Waals surface area contributed by atoms with E-state index in [1.807, 2.05) is 13.8 Å². The van der Waals surface area contributed by atoms with Crippen LogP contribution in [0, 0.1) is 0 Å². The van der Waals surface area contributed by atoms with Crippen molar-refractivity contribution in [2.75, 3.05) is 13.2 Å². The van der Waals surface area contributed by atoms with Crippen LogP contribution in [0.15, 0.2) is 23.4 Å². The molecular formula is C13H20N2O5S. The van der Waals surface area contributed by atoms with Crippen LogP contribution in [0.1, 0.15) is 37.0 Å². The number of sulfonamides is 1. The highest BCUT2D eigenvalue weighted by atomic mass is 32.2. The van der Waals surface area contributed by atoms with Crippen LogP contribution in [0.4, 0.5) is 0 Å². The molecule has 0 unspecified atom stereocenters. The van der Waals surface area contributed by atoms with Crippen molar-refractivity contribution in [3.05, 3.63) is 23.9 Å². The molecule has 21 heavy (non-hydrogen) atoms. The fraction of sp³-hybridized carbons (Fsp3) is 0.538. The number of unbranched alkanes of at least 4 members (excludes halogenated alkanes) is 1. The third-order valence-electron chi connectivity index (χ3n) is 2.57. The average Bonchev–Trinajstić information content (AvgIpc) is 2.42. The minimum absolute atomic E-state index is 0.0558. The molecule has 0 aromatic carbocycles. The summed E-state index contributed by atoms with van der Waals surface area (Å²) in [5.41, 5.74) is -0.0558. The van der Waals surface area contributed by atoms with Crippen molar-refractivity contribution < 1.29 is 23.1 Å². The molecule has 1 aromatic heterocycles. The highest BCUT2D eigenvalue weighted by molar-refractivity contribution is 7.89. The highest BCUT2D eigenvalue weighted by Crippen LogP contribution is 2.07. The number of aromatic nitrogens is 1. The van der Waals surface area contributed by atoms with Gasteiger partial charge in [-0.1, -0.05) is 0 Å². The van der Waals surface area contributed by atoms with Crippen LogP contribution in [0.2, 0.25) is 0 Å². The number of hydrogen-bond donors (Lipinski definition) is 2. The standard InChI is InChI=1S/C13H20N2O5S/c1-10(2)20-8-4-3-7-15-21(18,19)12-6-5-11(9-14-12)13(16)17/h5-6,9-10,15H,3-4,7-8H2,1-2H3,(H,16,17). The molecule has 0 aliphatic carbocycles. The second-order valence-corrected chi connectivity index (χ2v) is 6.43. The fourth-order valence-corrected chi connectivity index (χ4v) is 2.49. The summed E-state index contributed by atoms with van der Waals surface area (Å²) in [6.45, 7) is 4.75. The van der Waals surface area contributed by atoms with Crippen molar-refractivity contribution >= 4 is 16.0 Å². The van der Waals surface area contributed by atoms with Gasteiger partial charge in [-0.3, -0.25) is 0 Å². The first-order valence-corrected chi connectivity index (χ1v) is 8.12. The zero-order valence-corrected chi connectivity index (χ0v) is 12.9. The molecule has 7 nitrogen and oxygen atoms in total. The van der Waals surface area contributed by atoms with Crippen LogP contribution in [0.3, 0.4) is 0 Å². The summed E-state index contributed by atoms with van der Waals surface area (Å²) in [4.78, 5) is 14.3. The predicted octanol–water partition coefficient (Wildman–Crippen LogP) is 1.26. The van der Waals surface area contributed by atoms with Gasteiger partial charge in [0, 0.05) is 19.3 Å². The molecule has 8 heteroatoms. The number of rotatable bonds is 9. The van der Waals surface area contributed by atoms with Gasteiger partial charge in [0.05, 0.1) is 11.7 Å². The van der Waals surface area contributed by atoms with Gasteiger partial charge in [-0.25, -0.2) is 22.9 Å². The van der Waals surface area contributed by atoms with Gasteiger partial charge < -0.3 is 9.84 Å². The van der Waals surface area contributed by atoms with E-state index in [4.69, 9.17) is 9.84 Å². The zero-order chi connectivity index (χ0) is 15.9. The lowest BCUT2D eigenvalue weighted by Crippen LogP contribution is -2.26. The summed E-state index contributed by atoms with van der Waals surface area (Å²) in [6, 6.07) is 2.38. The van der Waals surface area contributed by atoms with E-state index in [1.54, 1.807) is 0 Å². The Hall–Kier alpha value is -1.51. The van der Waals surface area contributed by atoms with E-state index in [9.17, 15) is 13.2 Å². The van der Waals surface area contributed by atoms with Gasteiger partial charge in [0.25, 0.3) is 10.0 Å². The Labute approximate surface area is 124 Å². The lowest BCUT2D eigenvalue weighted by atomic mass is 10.3. The molecule has 0 amide bonds. The number of pyridine rings is 1. The number of carbonyl (C=O) groups is 1. The number of nitrogens with zero attached hydrogens (tertiary/aromatic N) is 1. The van der Waals surface area contributed by atoms with Crippen molar-refractivity contribution in [1.82, 2.24) is 9.71 Å². The first-order valence-electron chi connectivity index (χ1n) is 6.63. The highest BCUT2D eigenvalue weighted by Gasteiger charge is 2.15. The number of carboxylic acid groups (broad SMARTS) is 1. The molecule has 0 saturated heterocycles. The minimum Gasteiger partial charge on any atom is -0.478 e. The molecule has 1 heterocycles. The number of hydrogen-bond acceptors (Lipinski definition) is 5. The predicted molar refractivity (Wildman–Crippen MR) is 76.7 cm³/mol. The van der Waals surface area contributed by atoms with E-state index < -0.39 is 16.0 Å². The molecule has 2 N–H and O–H groups in total. The van der Waals surface area contributed by atoms with Crippen LogP contribution >= 0.6 is 0 Å². The molecule has 0 aliphatic rings. The first kappa shape index (κ1) is 17.5. The summed E-state index contributed by atoms with van der Waals surface area (Å²) in [5.74, 6) is -1.15. The van der Waals surface area contributed by atoms with Crippen molar-refractivity contribution in [1.29, 1.82) is 0 Å². The summed E-state index contributed by atoms with van der Waals surface area (Å²) in [5, 5.41) is 8.54. The Bertz CT molecular complexity index is 554. The number of carboxylic acids is 1. The third kappa shape index (κ3) is 6.19. The van der Waals surface area contributed by atoms with E-state index in [0.29, 0.717) is 13.0 Å². The topological polar surface area (TPSA) is 106 Å². The van der Waals surface area contributed by atoms with Gasteiger partial charge in [0.1, 0.15) is 0 Å². The van der Waals surface area contributed by atoms with Crippen LogP contribution < -0.4 is 4.72 Å². The Kier molecular flexibility index (Phi) is 6.73. The summed E-state index contributed by atoms with van der Waals surface area (Å²) < 4.78 is 31.6. The number of aromatic carboxylic acids is 1. The van der Waals surface area contributed by atoms with E-state index in [2.05, 4.69) is 9.71 Å². The van der Waals surface area contributed by atoms with Gasteiger partial charge in [-0.05, 0) is 38.8 Å². The van der Waals surface area contributed by atoms with E-state index in [1.165, 1.54) is 12.1 Å². The smallest absolute Gasteiger partial charge is 0.337 e. The van der Waals surface area contributed by atoms with Crippen LogP contribution in [0.25, 0.3) is 0 Å². The van der Waals surface area contributed by atoms with E-state index in [0.717, 1.165) is 12.6 Å². The van der Waals surface area contributed by atoms with Crippen molar-refractivity contribution in [2.45, 2.75) is 37.8 Å². The molecule has 1 rings (SSSR count). The minimum atomic E-state index is -3.70. The second kappa shape index (κ2) is 8.06. The second-order valence-electron chi connectivity index (χ2n) is 4.71. The molecule has 0 bridgehead atoms. The molecule has 118 valence electrons. The van der Waals surface area contributed by atoms with E-state index in [-0.39, 0.29) is 23.2 Å². The van der Waals surface area contributed by atoms with Crippen molar-refractivity contribution in [3.8, 4) is 0 Å². The lowest BCUT2D eigenvalue weighted by molar-refractivity contribution is 0.0696. The van der Waals surface area contributed by atoms with Crippen LogP contribution in [-0.2, 0) is 14.8 Å². The Balaban J connectivity index is 2.44. The van der Waals surface area contributed by atoms with Gasteiger partial charge in [-0.15, -0.1) is 0 Å². The lowest BCUT2D eigenvalue weighted by Gasteiger charge is -2.08. The maximum absolute atomic E-state index is 11.9.